The molecular weight excluding hydrogens is 238 g/mol. The number of nitrogens with zero attached hydrogens (tertiary/aromatic N) is 2. The van der Waals surface area contributed by atoms with E-state index in [1.54, 1.807) is 0 Å². The maximum atomic E-state index is 12.3. The molecule has 2 N–H and O–H groups in total. The summed E-state index contributed by atoms with van der Waals surface area (Å²) < 4.78 is 0. The van der Waals surface area contributed by atoms with Crippen molar-refractivity contribution < 1.29 is 4.79 Å². The number of carbonyl (C=O) groups is 1. The van der Waals surface area contributed by atoms with Gasteiger partial charge in [0.1, 0.15) is 0 Å². The minimum atomic E-state index is 0.106. The van der Waals surface area contributed by atoms with Gasteiger partial charge in [-0.3, -0.25) is 4.90 Å². The van der Waals surface area contributed by atoms with Crippen molar-refractivity contribution in [3.63, 3.8) is 0 Å². The van der Waals surface area contributed by atoms with Gasteiger partial charge < -0.3 is 10.6 Å². The third kappa shape index (κ3) is 3.40. The highest BCUT2D eigenvalue weighted by Crippen LogP contribution is 2.24. The molecule has 1 aliphatic heterocycles. The predicted octanol–water partition coefficient (Wildman–Crippen LogP) is 2.95. The summed E-state index contributed by atoms with van der Waals surface area (Å²) in [5, 5.41) is 0. The molecule has 2 amide bonds. The highest BCUT2D eigenvalue weighted by Gasteiger charge is 2.29. The van der Waals surface area contributed by atoms with Gasteiger partial charge in [-0.25, -0.2) is 4.79 Å². The van der Waals surface area contributed by atoms with Crippen LogP contribution >= 0.6 is 0 Å². The van der Waals surface area contributed by atoms with Gasteiger partial charge in [0.25, 0.3) is 0 Å². The van der Waals surface area contributed by atoms with Crippen LogP contribution in [0.1, 0.15) is 27.2 Å². The van der Waals surface area contributed by atoms with Crippen LogP contribution in [-0.4, -0.2) is 30.6 Å². The predicted molar refractivity (Wildman–Crippen MR) is 79.2 cm³/mol. The molecule has 4 heteroatoms. The first-order valence-electron chi connectivity index (χ1n) is 6.79. The normalized spacial score (nSPS) is 16.3. The molecule has 0 atom stereocenters. The van der Waals surface area contributed by atoms with Gasteiger partial charge in [-0.15, -0.1) is 0 Å². The van der Waals surface area contributed by atoms with E-state index in [-0.39, 0.29) is 11.4 Å². The third-order valence-electron chi connectivity index (χ3n) is 3.43. The first-order valence-corrected chi connectivity index (χ1v) is 6.79. The second kappa shape index (κ2) is 5.11. The lowest BCUT2D eigenvalue weighted by Gasteiger charge is -2.23. The molecule has 0 aromatic heterocycles. The quantitative estimate of drug-likeness (QED) is 0.850. The number of nitrogens with two attached hydrogens (primary N) is 1. The summed E-state index contributed by atoms with van der Waals surface area (Å²) >= 11 is 0. The van der Waals surface area contributed by atoms with Crippen molar-refractivity contribution in [1.29, 1.82) is 0 Å². The van der Waals surface area contributed by atoms with Crippen molar-refractivity contribution in [3.8, 4) is 0 Å². The molecule has 1 aliphatic rings. The maximum absolute atomic E-state index is 12.3. The molecule has 0 aliphatic carbocycles. The van der Waals surface area contributed by atoms with E-state index < -0.39 is 0 Å². The molecule has 0 saturated carbocycles. The largest absolute Gasteiger partial charge is 0.399 e. The molecule has 0 unspecified atom stereocenters. The molecule has 4 nitrogen and oxygen atoms in total. The Labute approximate surface area is 115 Å². The maximum Gasteiger partial charge on any atom is 0.324 e. The molecule has 0 bridgehead atoms. The van der Waals surface area contributed by atoms with E-state index in [1.807, 2.05) is 34.1 Å². The molecule has 1 aromatic rings. The van der Waals surface area contributed by atoms with Crippen LogP contribution in [0.3, 0.4) is 0 Å². The number of hydrogen-bond acceptors (Lipinski definition) is 2. The molecule has 0 spiro atoms. The Morgan fingerprint density at radius 2 is 1.79 bits per heavy atom. The number of benzene rings is 1. The Morgan fingerprint density at radius 3 is 2.37 bits per heavy atom. The minimum absolute atomic E-state index is 0.106. The van der Waals surface area contributed by atoms with Crippen LogP contribution in [0.4, 0.5) is 16.2 Å². The van der Waals surface area contributed by atoms with Crippen molar-refractivity contribution in [3.05, 3.63) is 24.3 Å². The zero-order valence-electron chi connectivity index (χ0n) is 12.0. The van der Waals surface area contributed by atoms with Crippen LogP contribution in [0.2, 0.25) is 0 Å². The van der Waals surface area contributed by atoms with E-state index in [2.05, 4.69) is 20.8 Å². The average Bonchev–Trinajstić information content (AvgIpc) is 2.68. The summed E-state index contributed by atoms with van der Waals surface area (Å²) in [6.45, 7) is 8.99. The summed E-state index contributed by atoms with van der Waals surface area (Å²) in [7, 11) is 0. The van der Waals surface area contributed by atoms with Gasteiger partial charge in [-0.05, 0) is 36.1 Å². The summed E-state index contributed by atoms with van der Waals surface area (Å²) in [6, 6.07) is 7.58. The van der Waals surface area contributed by atoms with Gasteiger partial charge in [0.15, 0.2) is 0 Å². The van der Waals surface area contributed by atoms with Crippen LogP contribution in [0.15, 0.2) is 24.3 Å². The monoisotopic (exact) mass is 261 g/mol. The molecule has 1 aromatic carbocycles. The Kier molecular flexibility index (Phi) is 3.69. The Balaban J connectivity index is 2.00. The highest BCUT2D eigenvalue weighted by atomic mass is 16.2. The van der Waals surface area contributed by atoms with Crippen molar-refractivity contribution in [2.24, 2.45) is 5.41 Å². The van der Waals surface area contributed by atoms with E-state index in [4.69, 9.17) is 5.73 Å². The average molecular weight is 261 g/mol. The summed E-state index contributed by atoms with van der Waals surface area (Å²) in [4.78, 5) is 16.1. The first-order chi connectivity index (χ1) is 8.87. The van der Waals surface area contributed by atoms with Crippen LogP contribution in [0.5, 0.6) is 0 Å². The summed E-state index contributed by atoms with van der Waals surface area (Å²) in [5.41, 5.74) is 7.58. The molecule has 104 valence electrons. The van der Waals surface area contributed by atoms with Gasteiger partial charge >= 0.3 is 6.03 Å². The fraction of sp³-hybridized carbons (Fsp3) is 0.533. The Hall–Kier alpha value is -1.71. The Bertz CT molecular complexity index is 447. The second-order valence-electron chi connectivity index (χ2n) is 6.32. The van der Waals surface area contributed by atoms with Gasteiger partial charge in [0.05, 0.1) is 0 Å². The van der Waals surface area contributed by atoms with Gasteiger partial charge in [-0.1, -0.05) is 20.8 Å². The lowest BCUT2D eigenvalue weighted by Crippen LogP contribution is -2.33. The molecule has 19 heavy (non-hydrogen) atoms. The standard InChI is InChI=1S/C15H23N3O/c1-15(2,3)8-9-17-10-11-18(14(17)19)13-6-4-12(16)5-7-13/h4-7H,8-11,16H2,1-3H3. The van der Waals surface area contributed by atoms with Crippen LogP contribution in [0, 0.1) is 5.41 Å². The molecule has 2 rings (SSSR count). The number of carbonyl (C=O) groups excluding carboxylic acids is 1. The SMILES string of the molecule is CC(C)(C)CCN1CCN(c2ccc(N)cc2)C1=O. The highest BCUT2D eigenvalue weighted by molar-refractivity contribution is 5.94. The second-order valence-corrected chi connectivity index (χ2v) is 6.32. The first kappa shape index (κ1) is 13.7. The van der Waals surface area contributed by atoms with E-state index in [9.17, 15) is 4.79 Å². The number of nitrogen functional groups attached to an aromatic ring is 1. The van der Waals surface area contributed by atoms with Gasteiger partial charge in [0, 0.05) is 31.0 Å². The number of urea groups is 1. The van der Waals surface area contributed by atoms with Crippen LogP contribution < -0.4 is 10.6 Å². The van der Waals surface area contributed by atoms with E-state index in [1.165, 1.54) is 0 Å². The molecule has 1 heterocycles. The molecule has 1 fully saturated rings. The van der Waals surface area contributed by atoms with E-state index in [0.29, 0.717) is 0 Å². The smallest absolute Gasteiger partial charge is 0.324 e. The summed E-state index contributed by atoms with van der Waals surface area (Å²) in [6.07, 6.45) is 1.02. The zero-order valence-corrected chi connectivity index (χ0v) is 12.0. The van der Waals surface area contributed by atoms with E-state index in [0.717, 1.165) is 37.4 Å². The van der Waals surface area contributed by atoms with Gasteiger partial charge in [0.2, 0.25) is 0 Å². The molecular formula is C15H23N3O. The van der Waals surface area contributed by atoms with Crippen molar-refractivity contribution >= 4 is 17.4 Å². The molecule has 1 saturated heterocycles. The fourth-order valence-corrected chi connectivity index (χ4v) is 2.15. The number of hydrogen-bond donors (Lipinski definition) is 1. The zero-order chi connectivity index (χ0) is 14.0. The number of anilines is 2. The van der Waals surface area contributed by atoms with Crippen molar-refractivity contribution in [2.75, 3.05) is 30.3 Å². The van der Waals surface area contributed by atoms with Crippen molar-refractivity contribution in [2.45, 2.75) is 27.2 Å². The minimum Gasteiger partial charge on any atom is -0.399 e. The summed E-state index contributed by atoms with van der Waals surface area (Å²) in [5.74, 6) is 0. The van der Waals surface area contributed by atoms with E-state index >= 15 is 0 Å². The Morgan fingerprint density at radius 1 is 1.16 bits per heavy atom. The van der Waals surface area contributed by atoms with Crippen LogP contribution in [-0.2, 0) is 0 Å². The van der Waals surface area contributed by atoms with Crippen LogP contribution in [0.25, 0.3) is 0 Å². The third-order valence-corrected chi connectivity index (χ3v) is 3.43. The lowest BCUT2D eigenvalue weighted by atomic mass is 9.92. The van der Waals surface area contributed by atoms with Gasteiger partial charge in [-0.2, -0.15) is 0 Å². The number of rotatable bonds is 3. The van der Waals surface area contributed by atoms with Crippen molar-refractivity contribution in [1.82, 2.24) is 4.90 Å². The topological polar surface area (TPSA) is 49.6 Å². The fourth-order valence-electron chi connectivity index (χ4n) is 2.15. The number of amides is 2. The molecule has 0 radical (unpaired) electrons. The lowest BCUT2D eigenvalue weighted by molar-refractivity contribution is 0.212.